The average molecular weight is 358 g/mol. The van der Waals surface area contributed by atoms with E-state index in [0.29, 0.717) is 29.4 Å². The minimum absolute atomic E-state index is 0.140. The Hall–Kier alpha value is -2.35. The Morgan fingerprint density at radius 3 is 2.65 bits per heavy atom. The summed E-state index contributed by atoms with van der Waals surface area (Å²) in [6.45, 7) is 1.17. The largest absolute Gasteiger partial charge is 0.374 e. The van der Waals surface area contributed by atoms with Crippen LogP contribution in [0.5, 0.6) is 0 Å². The summed E-state index contributed by atoms with van der Waals surface area (Å²) in [6, 6.07) is 10.3. The number of rotatable bonds is 3. The molecule has 0 radical (unpaired) electrons. The fourth-order valence-corrected chi connectivity index (χ4v) is 3.51. The van der Waals surface area contributed by atoms with E-state index in [4.69, 9.17) is 5.73 Å². The molecule has 1 fully saturated rings. The zero-order valence-electron chi connectivity index (χ0n) is 14.1. The van der Waals surface area contributed by atoms with E-state index in [1.807, 2.05) is 24.3 Å². The van der Waals surface area contributed by atoms with Crippen molar-refractivity contribution < 1.29 is 13.9 Å². The van der Waals surface area contributed by atoms with Gasteiger partial charge in [0.05, 0.1) is 11.1 Å². The fraction of sp³-hybridized carbons (Fsp3) is 0.316. The number of aromatic nitrogens is 2. The van der Waals surface area contributed by atoms with Gasteiger partial charge in [-0.15, -0.1) is 0 Å². The van der Waals surface area contributed by atoms with Gasteiger partial charge in [-0.1, -0.05) is 12.1 Å². The highest BCUT2D eigenvalue weighted by molar-refractivity contribution is 5.83. The number of fused-ring (bicyclic) bond motifs is 1. The van der Waals surface area contributed by atoms with Crippen LogP contribution in [0.4, 0.5) is 8.78 Å². The van der Waals surface area contributed by atoms with Gasteiger partial charge in [0.25, 0.3) is 0 Å². The first-order chi connectivity index (χ1) is 12.5. The number of aliphatic hydroxyl groups is 1. The summed E-state index contributed by atoms with van der Waals surface area (Å²) in [6.07, 6.45) is 0.0388. The minimum Gasteiger partial charge on any atom is -0.374 e. The lowest BCUT2D eigenvalue weighted by Gasteiger charge is -2.26. The molecular formula is C19H20F2N4O. The summed E-state index contributed by atoms with van der Waals surface area (Å²) < 4.78 is 29.2. The highest BCUT2D eigenvalue weighted by atomic mass is 19.1. The molecule has 5 nitrogen and oxygen atoms in total. The highest BCUT2D eigenvalue weighted by Crippen LogP contribution is 2.27. The number of halogens is 2. The van der Waals surface area contributed by atoms with Crippen molar-refractivity contribution in [2.75, 3.05) is 13.1 Å². The number of piperidine rings is 1. The van der Waals surface area contributed by atoms with Crippen molar-refractivity contribution in [2.45, 2.75) is 24.7 Å². The van der Waals surface area contributed by atoms with Gasteiger partial charge in [0.15, 0.2) is 0 Å². The molecule has 136 valence electrons. The molecule has 26 heavy (non-hydrogen) atoms. The van der Waals surface area contributed by atoms with Crippen molar-refractivity contribution in [2.24, 2.45) is 5.73 Å². The molecule has 1 aliphatic heterocycles. The second-order valence-electron chi connectivity index (χ2n) is 6.70. The molecule has 0 spiro atoms. The van der Waals surface area contributed by atoms with Gasteiger partial charge in [0.1, 0.15) is 23.7 Å². The van der Waals surface area contributed by atoms with Crippen LogP contribution in [0, 0.1) is 5.82 Å². The van der Waals surface area contributed by atoms with Gasteiger partial charge in [-0.3, -0.25) is 0 Å². The normalized spacial score (nSPS) is 21.8. The molecule has 0 aliphatic carbocycles. The van der Waals surface area contributed by atoms with Crippen LogP contribution in [-0.2, 0) is 0 Å². The molecule has 1 aromatic heterocycles. The molecule has 1 saturated heterocycles. The van der Waals surface area contributed by atoms with Crippen LogP contribution in [-0.4, -0.2) is 34.1 Å². The van der Waals surface area contributed by atoms with Crippen LogP contribution in [0.2, 0.25) is 0 Å². The lowest BCUT2D eigenvalue weighted by Crippen LogP contribution is -2.36. The van der Waals surface area contributed by atoms with Crippen molar-refractivity contribution >= 4 is 10.9 Å². The van der Waals surface area contributed by atoms with E-state index in [9.17, 15) is 13.9 Å². The number of nitrogens with zero attached hydrogens (tertiary/aromatic N) is 2. The van der Waals surface area contributed by atoms with Gasteiger partial charge >= 0.3 is 0 Å². The third-order valence-corrected chi connectivity index (χ3v) is 4.90. The highest BCUT2D eigenvalue weighted by Gasteiger charge is 2.22. The summed E-state index contributed by atoms with van der Waals surface area (Å²) in [4.78, 5) is 0. The SMILES string of the molecule is NC(O)c1ccc(F)c2cn(-c3ccc(C4CNCC(F)C4)cc3)nc12. The van der Waals surface area contributed by atoms with Crippen LogP contribution >= 0.6 is 0 Å². The van der Waals surface area contributed by atoms with Gasteiger partial charge in [-0.25, -0.2) is 13.5 Å². The summed E-state index contributed by atoms with van der Waals surface area (Å²) in [5, 5.41) is 17.4. The average Bonchev–Trinajstić information content (AvgIpc) is 3.08. The summed E-state index contributed by atoms with van der Waals surface area (Å²) in [7, 11) is 0. The Morgan fingerprint density at radius 1 is 1.19 bits per heavy atom. The lowest BCUT2D eigenvalue weighted by atomic mass is 9.91. The van der Waals surface area contributed by atoms with Gasteiger partial charge in [0, 0.05) is 24.8 Å². The van der Waals surface area contributed by atoms with E-state index in [1.54, 1.807) is 10.9 Å². The number of nitrogens with one attached hydrogen (secondary N) is 1. The first-order valence-electron chi connectivity index (χ1n) is 8.59. The molecule has 4 rings (SSSR count). The molecule has 0 amide bonds. The van der Waals surface area contributed by atoms with Crippen molar-refractivity contribution in [3.63, 3.8) is 0 Å². The van der Waals surface area contributed by atoms with E-state index in [1.165, 1.54) is 12.1 Å². The van der Waals surface area contributed by atoms with E-state index < -0.39 is 18.2 Å². The molecule has 0 bridgehead atoms. The molecule has 0 saturated carbocycles. The molecule has 3 atom stereocenters. The Morgan fingerprint density at radius 2 is 1.96 bits per heavy atom. The molecule has 1 aliphatic rings. The monoisotopic (exact) mass is 358 g/mol. The summed E-state index contributed by atoms with van der Waals surface area (Å²) in [5.41, 5.74) is 8.06. The van der Waals surface area contributed by atoms with E-state index in [0.717, 1.165) is 17.8 Å². The number of hydrogen-bond donors (Lipinski definition) is 3. The summed E-state index contributed by atoms with van der Waals surface area (Å²) in [5.74, 6) is -0.282. The van der Waals surface area contributed by atoms with Crippen LogP contribution < -0.4 is 11.1 Å². The quantitative estimate of drug-likeness (QED) is 0.629. The van der Waals surface area contributed by atoms with Crippen molar-refractivity contribution in [3.05, 3.63) is 59.5 Å². The van der Waals surface area contributed by atoms with E-state index >= 15 is 0 Å². The maximum Gasteiger partial charge on any atom is 0.134 e. The standard InChI is InChI=1S/C19H20F2N4O/c20-13-7-12(8-23-9-13)11-1-3-14(4-2-11)25-10-16-17(21)6-5-15(19(22)26)18(16)24-25/h1-6,10,12-13,19,23,26H,7-9,22H2. The summed E-state index contributed by atoms with van der Waals surface area (Å²) >= 11 is 0. The minimum atomic E-state index is -1.23. The number of aliphatic hydroxyl groups excluding tert-OH is 1. The van der Waals surface area contributed by atoms with Crippen molar-refractivity contribution in [1.82, 2.24) is 15.1 Å². The zero-order chi connectivity index (χ0) is 18.3. The third-order valence-electron chi connectivity index (χ3n) is 4.90. The smallest absolute Gasteiger partial charge is 0.134 e. The van der Waals surface area contributed by atoms with Gasteiger partial charge in [-0.05, 0) is 42.2 Å². The predicted octanol–water partition coefficient (Wildman–Crippen LogP) is 2.53. The van der Waals surface area contributed by atoms with Crippen LogP contribution in [0.3, 0.4) is 0 Å². The Balaban J connectivity index is 1.67. The number of hydrogen-bond acceptors (Lipinski definition) is 4. The molecule has 2 heterocycles. The Bertz CT molecular complexity index is 923. The van der Waals surface area contributed by atoms with Crippen LogP contribution in [0.25, 0.3) is 16.6 Å². The molecule has 2 aromatic carbocycles. The topological polar surface area (TPSA) is 76.1 Å². The van der Waals surface area contributed by atoms with Crippen molar-refractivity contribution in [3.8, 4) is 5.69 Å². The molecular weight excluding hydrogens is 338 g/mol. The maximum absolute atomic E-state index is 14.1. The number of nitrogens with two attached hydrogens (primary N) is 1. The van der Waals surface area contributed by atoms with Gasteiger partial charge in [-0.2, -0.15) is 5.10 Å². The molecule has 4 N–H and O–H groups in total. The van der Waals surface area contributed by atoms with Gasteiger partial charge in [0.2, 0.25) is 0 Å². The maximum atomic E-state index is 14.1. The Labute approximate surface area is 149 Å². The lowest BCUT2D eigenvalue weighted by molar-refractivity contribution is 0.187. The zero-order valence-corrected chi connectivity index (χ0v) is 14.1. The Kier molecular flexibility index (Phi) is 4.44. The number of alkyl halides is 1. The van der Waals surface area contributed by atoms with Crippen LogP contribution in [0.1, 0.15) is 29.7 Å². The fourth-order valence-electron chi connectivity index (χ4n) is 3.51. The third kappa shape index (κ3) is 3.09. The predicted molar refractivity (Wildman–Crippen MR) is 95.3 cm³/mol. The molecule has 3 aromatic rings. The van der Waals surface area contributed by atoms with Gasteiger partial charge < -0.3 is 16.2 Å². The van der Waals surface area contributed by atoms with Crippen LogP contribution in [0.15, 0.2) is 42.6 Å². The second kappa shape index (κ2) is 6.75. The van der Waals surface area contributed by atoms with E-state index in [2.05, 4.69) is 10.4 Å². The molecule has 7 heteroatoms. The second-order valence-corrected chi connectivity index (χ2v) is 6.70. The van der Waals surface area contributed by atoms with Crippen molar-refractivity contribution in [1.29, 1.82) is 0 Å². The van der Waals surface area contributed by atoms with E-state index in [-0.39, 0.29) is 5.92 Å². The molecule has 3 unspecified atom stereocenters. The first kappa shape index (κ1) is 17.1. The first-order valence-corrected chi connectivity index (χ1v) is 8.59. The number of benzene rings is 2.